The molecule has 1 aliphatic heterocycles. The van der Waals surface area contributed by atoms with Crippen LogP contribution in [0.5, 0.6) is 0 Å². The molecular weight excluding hydrogens is 230 g/mol. The van der Waals surface area contributed by atoms with Crippen molar-refractivity contribution in [1.29, 1.82) is 0 Å². The molecule has 1 atom stereocenters. The molecule has 0 saturated carbocycles. The van der Waals surface area contributed by atoms with E-state index >= 15 is 0 Å². The average molecular weight is 249 g/mol. The highest BCUT2D eigenvalue weighted by Gasteiger charge is 2.29. The molecular formula is C13H19N3O2. The second-order valence-electron chi connectivity index (χ2n) is 4.59. The first-order chi connectivity index (χ1) is 8.72. The third-order valence-electron chi connectivity index (χ3n) is 3.20. The summed E-state index contributed by atoms with van der Waals surface area (Å²) in [6, 6.07) is 1.87. The Labute approximate surface area is 107 Å². The van der Waals surface area contributed by atoms with Crippen molar-refractivity contribution in [3.05, 3.63) is 23.8 Å². The summed E-state index contributed by atoms with van der Waals surface area (Å²) in [5.74, 6) is 0.770. The summed E-state index contributed by atoms with van der Waals surface area (Å²) in [5.41, 5.74) is 0.935. The van der Waals surface area contributed by atoms with Gasteiger partial charge in [0.1, 0.15) is 6.61 Å². The van der Waals surface area contributed by atoms with Crippen molar-refractivity contribution < 1.29 is 9.53 Å². The number of rotatable bonds is 3. The number of carbonyl (C=O) groups excluding carboxylic acids is 1. The van der Waals surface area contributed by atoms with E-state index in [4.69, 9.17) is 4.74 Å². The van der Waals surface area contributed by atoms with E-state index in [2.05, 4.69) is 9.97 Å². The number of methoxy groups -OCH3 is 1. The fourth-order valence-corrected chi connectivity index (χ4v) is 2.33. The molecule has 1 aromatic heterocycles. The molecule has 2 heterocycles. The summed E-state index contributed by atoms with van der Waals surface area (Å²) in [6.45, 7) is 2.84. The minimum atomic E-state index is 0.00120. The summed E-state index contributed by atoms with van der Waals surface area (Å²) < 4.78 is 4.93. The fourth-order valence-electron chi connectivity index (χ4n) is 2.33. The quantitative estimate of drug-likeness (QED) is 0.814. The Morgan fingerprint density at radius 3 is 3.11 bits per heavy atom. The van der Waals surface area contributed by atoms with Gasteiger partial charge >= 0.3 is 0 Å². The van der Waals surface area contributed by atoms with Crippen LogP contribution in [0, 0.1) is 6.92 Å². The lowest BCUT2D eigenvalue weighted by molar-refractivity contribution is -0.139. The Morgan fingerprint density at radius 2 is 2.39 bits per heavy atom. The number of aromatic nitrogens is 2. The number of ether oxygens (including phenoxy) is 1. The van der Waals surface area contributed by atoms with Gasteiger partial charge in [0.25, 0.3) is 0 Å². The second kappa shape index (κ2) is 5.91. The van der Waals surface area contributed by atoms with Crippen molar-refractivity contribution >= 4 is 5.91 Å². The number of hydrogen-bond donors (Lipinski definition) is 0. The van der Waals surface area contributed by atoms with Crippen LogP contribution in [-0.4, -0.2) is 41.0 Å². The first-order valence-corrected chi connectivity index (χ1v) is 6.30. The van der Waals surface area contributed by atoms with Crippen LogP contribution in [0.4, 0.5) is 0 Å². The van der Waals surface area contributed by atoms with Gasteiger partial charge in [-0.3, -0.25) is 4.79 Å². The van der Waals surface area contributed by atoms with Gasteiger partial charge in [0.15, 0.2) is 5.82 Å². The van der Waals surface area contributed by atoms with E-state index in [1.807, 2.05) is 17.9 Å². The second-order valence-corrected chi connectivity index (χ2v) is 4.59. The Bertz CT molecular complexity index is 422. The van der Waals surface area contributed by atoms with Gasteiger partial charge in [0, 0.05) is 25.5 Å². The van der Waals surface area contributed by atoms with Gasteiger partial charge in [0.05, 0.1) is 6.04 Å². The van der Waals surface area contributed by atoms with Crippen molar-refractivity contribution in [3.63, 3.8) is 0 Å². The van der Waals surface area contributed by atoms with Crippen LogP contribution in [0.1, 0.15) is 36.8 Å². The highest BCUT2D eigenvalue weighted by atomic mass is 16.5. The topological polar surface area (TPSA) is 55.3 Å². The van der Waals surface area contributed by atoms with Gasteiger partial charge in [-0.15, -0.1) is 0 Å². The molecule has 5 nitrogen and oxygen atoms in total. The van der Waals surface area contributed by atoms with Crippen molar-refractivity contribution in [2.45, 2.75) is 32.2 Å². The summed E-state index contributed by atoms with van der Waals surface area (Å²) in [6.07, 6.45) is 4.83. The van der Waals surface area contributed by atoms with Crippen LogP contribution in [0.25, 0.3) is 0 Å². The van der Waals surface area contributed by atoms with Gasteiger partial charge in [-0.1, -0.05) is 0 Å². The lowest BCUT2D eigenvalue weighted by Crippen LogP contribution is -2.41. The molecule has 0 spiro atoms. The Kier molecular flexibility index (Phi) is 4.25. The number of nitrogens with zero attached hydrogens (tertiary/aromatic N) is 3. The van der Waals surface area contributed by atoms with E-state index in [0.717, 1.165) is 37.3 Å². The standard InChI is InChI=1S/C13H19N3O2/c1-10-6-7-14-13(15-10)11-5-3-4-8-16(11)12(17)9-18-2/h6-7,11H,3-5,8-9H2,1-2H3/t11-/m1/s1. The number of carbonyl (C=O) groups is 1. The maximum Gasteiger partial charge on any atom is 0.249 e. The minimum Gasteiger partial charge on any atom is -0.375 e. The monoisotopic (exact) mass is 249 g/mol. The molecule has 98 valence electrons. The molecule has 0 radical (unpaired) electrons. The van der Waals surface area contributed by atoms with Gasteiger partial charge in [0.2, 0.25) is 5.91 Å². The van der Waals surface area contributed by atoms with Gasteiger partial charge in [-0.25, -0.2) is 9.97 Å². The van der Waals surface area contributed by atoms with Crippen LogP contribution in [0.3, 0.4) is 0 Å². The molecule has 5 heteroatoms. The maximum absolute atomic E-state index is 12.0. The predicted octanol–water partition coefficient (Wildman–Crippen LogP) is 1.49. The zero-order valence-electron chi connectivity index (χ0n) is 10.9. The maximum atomic E-state index is 12.0. The van der Waals surface area contributed by atoms with Crippen LogP contribution < -0.4 is 0 Å². The third-order valence-corrected chi connectivity index (χ3v) is 3.20. The highest BCUT2D eigenvalue weighted by Crippen LogP contribution is 2.28. The SMILES string of the molecule is COCC(=O)N1CCCC[C@@H]1c1nccc(C)n1. The molecule has 0 unspecified atom stereocenters. The average Bonchev–Trinajstić information content (AvgIpc) is 2.39. The molecule has 0 aliphatic carbocycles. The van der Waals surface area contributed by atoms with Crippen molar-refractivity contribution in [1.82, 2.24) is 14.9 Å². The number of piperidine rings is 1. The van der Waals surface area contributed by atoms with E-state index in [1.165, 1.54) is 0 Å². The first kappa shape index (κ1) is 13.0. The smallest absolute Gasteiger partial charge is 0.249 e. The van der Waals surface area contributed by atoms with E-state index in [1.54, 1.807) is 13.3 Å². The molecule has 1 aromatic rings. The van der Waals surface area contributed by atoms with Gasteiger partial charge in [-0.05, 0) is 32.3 Å². The van der Waals surface area contributed by atoms with Crippen molar-refractivity contribution in [3.8, 4) is 0 Å². The van der Waals surface area contributed by atoms with E-state index in [9.17, 15) is 4.79 Å². The van der Waals surface area contributed by atoms with Crippen molar-refractivity contribution in [2.75, 3.05) is 20.3 Å². The Hall–Kier alpha value is -1.49. The summed E-state index contributed by atoms with van der Waals surface area (Å²) in [7, 11) is 1.54. The van der Waals surface area contributed by atoms with Crippen LogP contribution in [0.15, 0.2) is 12.3 Å². The third kappa shape index (κ3) is 2.85. The molecule has 0 aromatic carbocycles. The van der Waals surface area contributed by atoms with E-state index in [-0.39, 0.29) is 18.6 Å². The van der Waals surface area contributed by atoms with Crippen molar-refractivity contribution in [2.24, 2.45) is 0 Å². The van der Waals surface area contributed by atoms with Crippen LogP contribution >= 0.6 is 0 Å². The predicted molar refractivity (Wildman–Crippen MR) is 67.0 cm³/mol. The molecule has 1 fully saturated rings. The molecule has 1 aliphatic rings. The lowest BCUT2D eigenvalue weighted by Gasteiger charge is -2.34. The van der Waals surface area contributed by atoms with Gasteiger partial charge < -0.3 is 9.64 Å². The normalized spacial score (nSPS) is 19.9. The molecule has 1 amide bonds. The molecule has 1 saturated heterocycles. The zero-order valence-corrected chi connectivity index (χ0v) is 10.9. The fraction of sp³-hybridized carbons (Fsp3) is 0.615. The Morgan fingerprint density at radius 1 is 1.56 bits per heavy atom. The van der Waals surface area contributed by atoms with E-state index < -0.39 is 0 Å². The highest BCUT2D eigenvalue weighted by molar-refractivity contribution is 5.78. The summed E-state index contributed by atoms with van der Waals surface area (Å²) in [5, 5.41) is 0. The molecule has 18 heavy (non-hydrogen) atoms. The Balaban J connectivity index is 2.20. The summed E-state index contributed by atoms with van der Waals surface area (Å²) >= 11 is 0. The number of likely N-dealkylation sites (tertiary alicyclic amines) is 1. The molecule has 0 N–H and O–H groups in total. The number of aryl methyl sites for hydroxylation is 1. The largest absolute Gasteiger partial charge is 0.375 e. The van der Waals surface area contributed by atoms with Crippen LogP contribution in [-0.2, 0) is 9.53 Å². The minimum absolute atomic E-state index is 0.00120. The van der Waals surface area contributed by atoms with E-state index in [0.29, 0.717) is 0 Å². The molecule has 2 rings (SSSR count). The first-order valence-electron chi connectivity index (χ1n) is 6.30. The zero-order chi connectivity index (χ0) is 13.0. The number of amides is 1. The van der Waals surface area contributed by atoms with Gasteiger partial charge in [-0.2, -0.15) is 0 Å². The van der Waals surface area contributed by atoms with Crippen LogP contribution in [0.2, 0.25) is 0 Å². The lowest BCUT2D eigenvalue weighted by atomic mass is 10.0. The number of hydrogen-bond acceptors (Lipinski definition) is 4. The molecule has 0 bridgehead atoms. The summed E-state index contributed by atoms with van der Waals surface area (Å²) in [4.78, 5) is 22.6.